The van der Waals surface area contributed by atoms with Crippen LogP contribution in [0.5, 0.6) is 0 Å². The van der Waals surface area contributed by atoms with Gasteiger partial charge >= 0.3 is 5.97 Å². The van der Waals surface area contributed by atoms with Gasteiger partial charge in [-0.05, 0) is 25.2 Å². The summed E-state index contributed by atoms with van der Waals surface area (Å²) in [6.07, 6.45) is 4.96. The highest BCUT2D eigenvalue weighted by Crippen LogP contribution is 2.43. The summed E-state index contributed by atoms with van der Waals surface area (Å²) in [4.78, 5) is 22.7. The second kappa shape index (κ2) is 3.80. The normalized spacial score (nSPS) is 34.9. The molecule has 15 heavy (non-hydrogen) atoms. The number of fused-ring (bicyclic) bond motifs is 1. The molecular weight excluding hydrogens is 192 g/mol. The fourth-order valence-corrected chi connectivity index (χ4v) is 2.86. The van der Waals surface area contributed by atoms with Gasteiger partial charge in [-0.2, -0.15) is 0 Å². The zero-order valence-corrected chi connectivity index (χ0v) is 8.90. The van der Waals surface area contributed by atoms with Crippen LogP contribution in [-0.4, -0.2) is 16.9 Å². The van der Waals surface area contributed by atoms with E-state index in [1.54, 1.807) is 0 Å². The number of ketones is 1. The Morgan fingerprint density at radius 2 is 2.27 bits per heavy atom. The minimum Gasteiger partial charge on any atom is -0.478 e. The maximum absolute atomic E-state index is 11.6. The SMILES string of the molecule is CC[C@H]1C=C(C(=O)O)[C@H]2CCC(=O)[C@@H]2C1. The Hall–Kier alpha value is -1.12. The monoisotopic (exact) mass is 208 g/mol. The van der Waals surface area contributed by atoms with Gasteiger partial charge in [0.2, 0.25) is 0 Å². The Balaban J connectivity index is 2.30. The standard InChI is InChI=1S/C12H16O3/c1-2-7-5-9-8(3-4-11(9)13)10(6-7)12(14)15/h6-9H,2-5H2,1H3,(H,14,15)/t7-,8+,9-/m1/s1. The third-order valence-corrected chi connectivity index (χ3v) is 3.74. The number of aliphatic carboxylic acids is 1. The molecule has 0 amide bonds. The van der Waals surface area contributed by atoms with Crippen LogP contribution in [0.2, 0.25) is 0 Å². The van der Waals surface area contributed by atoms with Crippen molar-refractivity contribution in [3.05, 3.63) is 11.6 Å². The summed E-state index contributed by atoms with van der Waals surface area (Å²) in [5.74, 6) is -0.300. The van der Waals surface area contributed by atoms with Gasteiger partial charge in [0.25, 0.3) is 0 Å². The molecule has 1 fully saturated rings. The van der Waals surface area contributed by atoms with Gasteiger partial charge in [0.05, 0.1) is 0 Å². The van der Waals surface area contributed by atoms with Crippen LogP contribution >= 0.6 is 0 Å². The molecule has 82 valence electrons. The summed E-state index contributed by atoms with van der Waals surface area (Å²) in [5, 5.41) is 9.11. The van der Waals surface area contributed by atoms with E-state index in [2.05, 4.69) is 0 Å². The molecule has 3 heteroatoms. The van der Waals surface area contributed by atoms with Gasteiger partial charge in [-0.25, -0.2) is 4.79 Å². The van der Waals surface area contributed by atoms with E-state index in [0.717, 1.165) is 19.3 Å². The summed E-state index contributed by atoms with van der Waals surface area (Å²) in [6, 6.07) is 0. The van der Waals surface area contributed by atoms with Gasteiger partial charge in [0.15, 0.2) is 0 Å². The predicted molar refractivity (Wildman–Crippen MR) is 55.3 cm³/mol. The minimum atomic E-state index is -0.835. The van der Waals surface area contributed by atoms with Crippen molar-refractivity contribution in [3.63, 3.8) is 0 Å². The molecule has 0 spiro atoms. The molecule has 3 nitrogen and oxygen atoms in total. The first-order valence-corrected chi connectivity index (χ1v) is 5.61. The highest BCUT2D eigenvalue weighted by atomic mass is 16.4. The van der Waals surface area contributed by atoms with Crippen molar-refractivity contribution in [3.8, 4) is 0 Å². The van der Waals surface area contributed by atoms with E-state index in [4.69, 9.17) is 5.11 Å². The Bertz CT molecular complexity index is 330. The van der Waals surface area contributed by atoms with E-state index in [1.165, 1.54) is 0 Å². The number of carboxylic acids is 1. The van der Waals surface area contributed by atoms with Crippen LogP contribution < -0.4 is 0 Å². The average Bonchev–Trinajstić information content (AvgIpc) is 2.59. The highest BCUT2D eigenvalue weighted by molar-refractivity contribution is 5.92. The lowest BCUT2D eigenvalue weighted by Crippen LogP contribution is -2.27. The molecule has 0 bridgehead atoms. The lowest BCUT2D eigenvalue weighted by Gasteiger charge is -2.28. The van der Waals surface area contributed by atoms with Crippen LogP contribution in [-0.2, 0) is 9.59 Å². The fraction of sp³-hybridized carbons (Fsp3) is 0.667. The summed E-state index contributed by atoms with van der Waals surface area (Å²) in [6.45, 7) is 2.04. The molecule has 2 rings (SSSR count). The van der Waals surface area contributed by atoms with Crippen molar-refractivity contribution in [2.24, 2.45) is 17.8 Å². The summed E-state index contributed by atoms with van der Waals surface area (Å²) >= 11 is 0. The number of carboxylic acid groups (broad SMARTS) is 1. The molecule has 0 unspecified atom stereocenters. The third-order valence-electron chi connectivity index (χ3n) is 3.74. The molecule has 1 N–H and O–H groups in total. The molecule has 3 atom stereocenters. The van der Waals surface area contributed by atoms with Crippen molar-refractivity contribution in [1.82, 2.24) is 0 Å². The Morgan fingerprint density at radius 3 is 2.87 bits per heavy atom. The van der Waals surface area contributed by atoms with Crippen LogP contribution in [0.15, 0.2) is 11.6 Å². The first-order chi connectivity index (χ1) is 7.13. The minimum absolute atomic E-state index is 0.00204. The van der Waals surface area contributed by atoms with Gasteiger partial charge < -0.3 is 5.11 Å². The number of Topliss-reactive ketones (excluding diaryl/α,β-unsaturated/α-hetero) is 1. The molecule has 1 saturated carbocycles. The number of rotatable bonds is 2. The summed E-state index contributed by atoms with van der Waals surface area (Å²) in [7, 11) is 0. The number of allylic oxidation sites excluding steroid dienone is 1. The molecule has 0 radical (unpaired) electrons. The first-order valence-electron chi connectivity index (χ1n) is 5.61. The van der Waals surface area contributed by atoms with E-state index in [-0.39, 0.29) is 23.5 Å². The lowest BCUT2D eigenvalue weighted by atomic mass is 9.75. The number of hydrogen-bond acceptors (Lipinski definition) is 2. The number of carbonyl (C=O) groups excluding carboxylic acids is 1. The highest BCUT2D eigenvalue weighted by Gasteiger charge is 2.42. The molecule has 0 aromatic rings. The predicted octanol–water partition coefficient (Wildman–Crippen LogP) is 2.02. The second-order valence-electron chi connectivity index (χ2n) is 4.55. The molecule has 0 saturated heterocycles. The lowest BCUT2D eigenvalue weighted by molar-refractivity contribution is -0.133. The maximum Gasteiger partial charge on any atom is 0.331 e. The molecule has 0 aliphatic heterocycles. The van der Waals surface area contributed by atoms with E-state index in [0.29, 0.717) is 12.0 Å². The van der Waals surface area contributed by atoms with Crippen LogP contribution in [0.1, 0.15) is 32.6 Å². The average molecular weight is 208 g/mol. The quantitative estimate of drug-likeness (QED) is 0.755. The van der Waals surface area contributed by atoms with Gasteiger partial charge in [0.1, 0.15) is 5.78 Å². The molecule has 0 aromatic heterocycles. The number of carbonyl (C=O) groups is 2. The first kappa shape index (κ1) is 10.4. The summed E-state index contributed by atoms with van der Waals surface area (Å²) in [5.41, 5.74) is 0.490. The molecule has 2 aliphatic carbocycles. The van der Waals surface area contributed by atoms with Crippen LogP contribution in [0, 0.1) is 17.8 Å². The van der Waals surface area contributed by atoms with Crippen molar-refractivity contribution in [2.75, 3.05) is 0 Å². The van der Waals surface area contributed by atoms with Crippen molar-refractivity contribution in [1.29, 1.82) is 0 Å². The number of hydrogen-bond donors (Lipinski definition) is 1. The largest absolute Gasteiger partial charge is 0.478 e. The fourth-order valence-electron chi connectivity index (χ4n) is 2.86. The molecule has 0 aromatic carbocycles. The van der Waals surface area contributed by atoms with Crippen LogP contribution in [0.3, 0.4) is 0 Å². The van der Waals surface area contributed by atoms with Gasteiger partial charge in [-0.3, -0.25) is 4.79 Å². The van der Waals surface area contributed by atoms with Crippen LogP contribution in [0.25, 0.3) is 0 Å². The zero-order chi connectivity index (χ0) is 11.0. The van der Waals surface area contributed by atoms with E-state index >= 15 is 0 Å². The van der Waals surface area contributed by atoms with E-state index in [9.17, 15) is 9.59 Å². The Morgan fingerprint density at radius 1 is 1.53 bits per heavy atom. The van der Waals surface area contributed by atoms with E-state index < -0.39 is 5.97 Å². The van der Waals surface area contributed by atoms with E-state index in [1.807, 2.05) is 13.0 Å². The van der Waals surface area contributed by atoms with Crippen LogP contribution in [0.4, 0.5) is 0 Å². The zero-order valence-electron chi connectivity index (χ0n) is 8.90. The van der Waals surface area contributed by atoms with Crippen molar-refractivity contribution in [2.45, 2.75) is 32.6 Å². The third kappa shape index (κ3) is 1.71. The smallest absolute Gasteiger partial charge is 0.331 e. The van der Waals surface area contributed by atoms with Gasteiger partial charge in [-0.1, -0.05) is 13.0 Å². The van der Waals surface area contributed by atoms with Crippen molar-refractivity contribution < 1.29 is 14.7 Å². The van der Waals surface area contributed by atoms with Gasteiger partial charge in [0, 0.05) is 23.8 Å². The molecule has 0 heterocycles. The second-order valence-corrected chi connectivity index (χ2v) is 4.55. The van der Waals surface area contributed by atoms with Crippen molar-refractivity contribution >= 4 is 11.8 Å². The van der Waals surface area contributed by atoms with Gasteiger partial charge in [-0.15, -0.1) is 0 Å². The maximum atomic E-state index is 11.6. The summed E-state index contributed by atoms with van der Waals surface area (Å²) < 4.78 is 0. The topological polar surface area (TPSA) is 54.4 Å². The Kier molecular flexibility index (Phi) is 2.63. The molecular formula is C12H16O3. The molecule has 2 aliphatic rings. The Labute approximate surface area is 89.2 Å².